The number of aliphatic hydroxyl groups is 1. The number of hydrogen-bond donors (Lipinski definition) is 2. The van der Waals surface area contributed by atoms with Crippen molar-refractivity contribution in [3.63, 3.8) is 0 Å². The first-order chi connectivity index (χ1) is 12.4. The molecule has 0 aromatic carbocycles. The molecule has 0 bridgehead atoms. The standard InChI is InChI=1S/C16H23NO10/c1-7(18)17-14-12(25-9(3)20)13(26-10(4)21)15(27-11(5)22)16(14,23)6-24-8(2)19/h12-15,23H,6H2,1-5H3,(H,17,18)/t12-,13-,14-,15+,16+/m0/s1. The largest absolute Gasteiger partial charge is 0.463 e. The van der Waals surface area contributed by atoms with E-state index in [4.69, 9.17) is 18.9 Å². The predicted molar refractivity (Wildman–Crippen MR) is 85.8 cm³/mol. The molecule has 11 nitrogen and oxygen atoms in total. The van der Waals surface area contributed by atoms with E-state index in [9.17, 15) is 29.1 Å². The summed E-state index contributed by atoms with van der Waals surface area (Å²) in [5.74, 6) is -3.84. The molecule has 1 amide bonds. The Hall–Kier alpha value is -2.69. The first kappa shape index (κ1) is 22.4. The van der Waals surface area contributed by atoms with Crippen LogP contribution in [0, 0.1) is 0 Å². The highest BCUT2D eigenvalue weighted by Crippen LogP contribution is 2.38. The van der Waals surface area contributed by atoms with Gasteiger partial charge in [-0.3, -0.25) is 24.0 Å². The average molecular weight is 389 g/mol. The van der Waals surface area contributed by atoms with Crippen LogP contribution in [0.15, 0.2) is 0 Å². The van der Waals surface area contributed by atoms with Gasteiger partial charge in [0.25, 0.3) is 0 Å². The lowest BCUT2D eigenvalue weighted by molar-refractivity contribution is -0.189. The number of nitrogens with one attached hydrogen (secondary N) is 1. The fraction of sp³-hybridized carbons (Fsp3) is 0.688. The highest BCUT2D eigenvalue weighted by atomic mass is 16.6. The minimum absolute atomic E-state index is 0.622. The molecule has 27 heavy (non-hydrogen) atoms. The zero-order chi connectivity index (χ0) is 20.9. The van der Waals surface area contributed by atoms with Crippen LogP contribution in [-0.2, 0) is 42.9 Å². The summed E-state index contributed by atoms with van der Waals surface area (Å²) in [6, 6.07) is -1.40. The number of ether oxygens (including phenoxy) is 4. The van der Waals surface area contributed by atoms with E-state index >= 15 is 0 Å². The Balaban J connectivity index is 3.48. The fourth-order valence-electron chi connectivity index (χ4n) is 2.92. The van der Waals surface area contributed by atoms with Crippen molar-refractivity contribution in [3.05, 3.63) is 0 Å². The molecule has 1 saturated carbocycles. The Bertz CT molecular complexity index is 589. The Kier molecular flexibility index (Phi) is 7.28. The van der Waals surface area contributed by atoms with Gasteiger partial charge in [-0.2, -0.15) is 0 Å². The first-order valence-electron chi connectivity index (χ1n) is 8.03. The van der Waals surface area contributed by atoms with Crippen molar-refractivity contribution in [3.8, 4) is 0 Å². The van der Waals surface area contributed by atoms with E-state index < -0.39 is 66.3 Å². The fourth-order valence-corrected chi connectivity index (χ4v) is 2.92. The summed E-state index contributed by atoms with van der Waals surface area (Å²) in [6.07, 6.45) is -4.44. The second kappa shape index (κ2) is 8.80. The van der Waals surface area contributed by atoms with Gasteiger partial charge in [0, 0.05) is 34.6 Å². The van der Waals surface area contributed by atoms with Gasteiger partial charge >= 0.3 is 23.9 Å². The van der Waals surface area contributed by atoms with Gasteiger partial charge in [0.05, 0.1) is 0 Å². The molecule has 0 spiro atoms. The third kappa shape index (κ3) is 5.64. The maximum absolute atomic E-state index is 11.6. The second-order valence-corrected chi connectivity index (χ2v) is 6.13. The molecular formula is C16H23NO10. The van der Waals surface area contributed by atoms with Gasteiger partial charge in [0.15, 0.2) is 23.9 Å². The maximum Gasteiger partial charge on any atom is 0.303 e. The van der Waals surface area contributed by atoms with Crippen molar-refractivity contribution in [1.29, 1.82) is 0 Å². The summed E-state index contributed by atoms with van der Waals surface area (Å²) in [6.45, 7) is 4.67. The molecule has 0 aromatic heterocycles. The summed E-state index contributed by atoms with van der Waals surface area (Å²) < 4.78 is 20.2. The highest BCUT2D eigenvalue weighted by Gasteiger charge is 2.66. The van der Waals surface area contributed by atoms with E-state index in [2.05, 4.69) is 5.32 Å². The maximum atomic E-state index is 11.6. The Morgan fingerprint density at radius 1 is 0.815 bits per heavy atom. The van der Waals surface area contributed by atoms with Gasteiger partial charge in [-0.25, -0.2) is 0 Å². The Labute approximate surface area is 155 Å². The molecule has 0 radical (unpaired) electrons. The second-order valence-electron chi connectivity index (χ2n) is 6.13. The van der Waals surface area contributed by atoms with Crippen LogP contribution in [0.25, 0.3) is 0 Å². The number of amides is 1. The number of hydrogen-bond acceptors (Lipinski definition) is 10. The lowest BCUT2D eigenvalue weighted by Gasteiger charge is -2.34. The molecule has 1 fully saturated rings. The molecule has 11 heteroatoms. The van der Waals surface area contributed by atoms with Gasteiger partial charge in [-0.15, -0.1) is 0 Å². The summed E-state index contributed by atoms with van der Waals surface area (Å²) in [5, 5.41) is 13.6. The molecule has 5 atom stereocenters. The predicted octanol–water partition coefficient (Wildman–Crippen LogP) is -1.41. The zero-order valence-corrected chi connectivity index (χ0v) is 15.6. The molecule has 0 saturated heterocycles. The third-order valence-electron chi connectivity index (χ3n) is 3.74. The lowest BCUT2D eigenvalue weighted by Crippen LogP contribution is -2.60. The van der Waals surface area contributed by atoms with E-state index in [0.29, 0.717) is 0 Å². The lowest BCUT2D eigenvalue weighted by atomic mass is 9.95. The van der Waals surface area contributed by atoms with Crippen LogP contribution < -0.4 is 5.32 Å². The molecule has 1 rings (SSSR count). The molecule has 0 heterocycles. The summed E-state index contributed by atoms with van der Waals surface area (Å²) in [7, 11) is 0. The van der Waals surface area contributed by atoms with E-state index in [1.165, 1.54) is 0 Å². The number of esters is 4. The van der Waals surface area contributed by atoms with E-state index in [0.717, 1.165) is 34.6 Å². The number of carbonyl (C=O) groups excluding carboxylic acids is 5. The van der Waals surface area contributed by atoms with Crippen LogP contribution in [0.2, 0.25) is 0 Å². The molecule has 152 valence electrons. The van der Waals surface area contributed by atoms with Crippen molar-refractivity contribution >= 4 is 29.8 Å². The van der Waals surface area contributed by atoms with Crippen LogP contribution in [0.5, 0.6) is 0 Å². The van der Waals surface area contributed by atoms with E-state index in [-0.39, 0.29) is 0 Å². The summed E-state index contributed by atoms with van der Waals surface area (Å²) in [5.41, 5.74) is -2.23. The summed E-state index contributed by atoms with van der Waals surface area (Å²) >= 11 is 0. The third-order valence-corrected chi connectivity index (χ3v) is 3.74. The van der Waals surface area contributed by atoms with Crippen molar-refractivity contribution in [1.82, 2.24) is 5.32 Å². The molecule has 2 N–H and O–H groups in total. The SMILES string of the molecule is CC(=O)N[C@H]1[C@@H](OC(C)=O)[C@H](OC(C)=O)[C@@H](OC(C)=O)[C@@]1(O)COC(C)=O. The minimum Gasteiger partial charge on any atom is -0.463 e. The highest BCUT2D eigenvalue weighted by molar-refractivity contribution is 5.74. The minimum atomic E-state index is -2.23. The smallest absolute Gasteiger partial charge is 0.303 e. The molecular weight excluding hydrogens is 366 g/mol. The van der Waals surface area contributed by atoms with Crippen LogP contribution in [0.3, 0.4) is 0 Å². The van der Waals surface area contributed by atoms with E-state index in [1.807, 2.05) is 0 Å². The monoisotopic (exact) mass is 389 g/mol. The van der Waals surface area contributed by atoms with Crippen molar-refractivity contribution < 1.29 is 48.0 Å². The first-order valence-corrected chi connectivity index (χ1v) is 8.03. The molecule has 1 aliphatic carbocycles. The molecule has 0 unspecified atom stereocenters. The van der Waals surface area contributed by atoms with Crippen LogP contribution in [0.1, 0.15) is 34.6 Å². The molecule has 0 aromatic rings. The Morgan fingerprint density at radius 2 is 1.30 bits per heavy atom. The van der Waals surface area contributed by atoms with Crippen molar-refractivity contribution in [2.24, 2.45) is 0 Å². The average Bonchev–Trinajstić information content (AvgIpc) is 2.67. The topological polar surface area (TPSA) is 155 Å². The molecule has 1 aliphatic rings. The Morgan fingerprint density at radius 3 is 1.70 bits per heavy atom. The molecule has 0 aliphatic heterocycles. The van der Waals surface area contributed by atoms with Gasteiger partial charge in [-0.05, 0) is 0 Å². The van der Waals surface area contributed by atoms with Gasteiger partial charge in [0.2, 0.25) is 5.91 Å². The van der Waals surface area contributed by atoms with Crippen LogP contribution in [0.4, 0.5) is 0 Å². The van der Waals surface area contributed by atoms with Gasteiger partial charge in [-0.1, -0.05) is 0 Å². The van der Waals surface area contributed by atoms with Crippen LogP contribution in [-0.4, -0.2) is 71.5 Å². The number of carbonyl (C=O) groups is 5. The quantitative estimate of drug-likeness (QED) is 0.409. The van der Waals surface area contributed by atoms with Crippen molar-refractivity contribution in [2.45, 2.75) is 64.6 Å². The number of rotatable bonds is 6. The summed E-state index contributed by atoms with van der Waals surface area (Å²) in [4.78, 5) is 57.4. The normalized spacial score (nSPS) is 29.4. The van der Waals surface area contributed by atoms with E-state index in [1.54, 1.807) is 0 Å². The van der Waals surface area contributed by atoms with Gasteiger partial charge in [0.1, 0.15) is 12.6 Å². The zero-order valence-electron chi connectivity index (χ0n) is 15.6. The van der Waals surface area contributed by atoms with Crippen LogP contribution >= 0.6 is 0 Å². The van der Waals surface area contributed by atoms with Gasteiger partial charge < -0.3 is 29.4 Å². The van der Waals surface area contributed by atoms with Crippen molar-refractivity contribution in [2.75, 3.05) is 6.61 Å².